The molecule has 0 spiro atoms. The van der Waals surface area contributed by atoms with E-state index in [1.54, 1.807) is 84.9 Å². The second kappa shape index (κ2) is 13.4. The minimum Gasteiger partial charge on any atom is -0.497 e. The molecular formula is C30H32N4O5S. The van der Waals surface area contributed by atoms with Crippen molar-refractivity contribution in [3.8, 4) is 28.4 Å². The van der Waals surface area contributed by atoms with Gasteiger partial charge in [-0.25, -0.2) is 13.6 Å². The van der Waals surface area contributed by atoms with Crippen molar-refractivity contribution in [1.29, 1.82) is 5.41 Å². The highest BCUT2D eigenvalue weighted by molar-refractivity contribution is 7.89. The second-order valence-corrected chi connectivity index (χ2v) is 10.2. The van der Waals surface area contributed by atoms with Crippen LogP contribution in [0, 0.1) is 5.41 Å². The van der Waals surface area contributed by atoms with Crippen molar-refractivity contribution in [2.45, 2.75) is 25.2 Å². The number of amidine groups is 1. The first-order valence-corrected chi connectivity index (χ1v) is 14.0. The number of carbonyl (C=O) groups excluding carboxylic acids is 1. The van der Waals surface area contributed by atoms with Gasteiger partial charge in [-0.1, -0.05) is 62.7 Å². The smallest absolute Gasteiger partial charge is 0.255 e. The summed E-state index contributed by atoms with van der Waals surface area (Å²) < 4.78 is 35.2. The Hall–Kier alpha value is -4.67. The van der Waals surface area contributed by atoms with Crippen LogP contribution in [0.25, 0.3) is 11.1 Å². The van der Waals surface area contributed by atoms with E-state index in [2.05, 4.69) is 19.2 Å². The van der Waals surface area contributed by atoms with E-state index in [0.717, 1.165) is 0 Å². The number of nitrogens with one attached hydrogen (secondary N) is 2. The Labute approximate surface area is 234 Å². The second-order valence-electron chi connectivity index (χ2n) is 8.69. The Morgan fingerprint density at radius 2 is 1.55 bits per heavy atom. The molecule has 10 heteroatoms. The molecule has 0 saturated carbocycles. The third-order valence-corrected chi connectivity index (χ3v) is 6.43. The molecule has 6 N–H and O–H groups in total. The third-order valence-electron chi connectivity index (χ3n) is 5.46. The molecule has 0 bridgehead atoms. The fourth-order valence-corrected chi connectivity index (χ4v) is 4.38. The molecular weight excluding hydrogens is 528 g/mol. The van der Waals surface area contributed by atoms with Gasteiger partial charge in [-0.15, -0.1) is 0 Å². The van der Waals surface area contributed by atoms with Crippen molar-refractivity contribution in [2.24, 2.45) is 10.9 Å². The Morgan fingerprint density at radius 3 is 2.17 bits per heavy atom. The van der Waals surface area contributed by atoms with Crippen LogP contribution in [0.5, 0.6) is 17.2 Å². The number of benzene rings is 4. The van der Waals surface area contributed by atoms with Gasteiger partial charge in [-0.3, -0.25) is 10.2 Å². The van der Waals surface area contributed by atoms with Gasteiger partial charge in [0, 0.05) is 22.8 Å². The topological polar surface area (TPSA) is 158 Å². The van der Waals surface area contributed by atoms with Gasteiger partial charge in [0.05, 0.1) is 17.7 Å². The van der Waals surface area contributed by atoms with Crippen molar-refractivity contribution >= 4 is 27.5 Å². The lowest BCUT2D eigenvalue weighted by Crippen LogP contribution is -2.14. The van der Waals surface area contributed by atoms with Gasteiger partial charge < -0.3 is 20.5 Å². The molecule has 0 heterocycles. The minimum absolute atomic E-state index is 0.000988. The lowest BCUT2D eigenvalue weighted by atomic mass is 10.0. The summed E-state index contributed by atoms with van der Waals surface area (Å²) in [6, 6.07) is 24.5. The molecule has 0 aliphatic carbocycles. The lowest BCUT2D eigenvalue weighted by Gasteiger charge is -2.14. The monoisotopic (exact) mass is 560 g/mol. The number of anilines is 1. The van der Waals surface area contributed by atoms with Crippen LogP contribution in [0.3, 0.4) is 0 Å². The van der Waals surface area contributed by atoms with E-state index in [-0.39, 0.29) is 10.7 Å². The van der Waals surface area contributed by atoms with Crippen molar-refractivity contribution in [2.75, 3.05) is 12.4 Å². The molecule has 0 atom stereocenters. The van der Waals surface area contributed by atoms with Crippen LogP contribution in [-0.4, -0.2) is 27.3 Å². The SMILES string of the molecule is CCC.COc1ccc(NC(=O)c2ccc(-c3ccccc3S(N)(=O)=O)cc2)c(Oc2cccc(C(=N)N)c2)c1. The quantitative estimate of drug-likeness (QED) is 0.159. The fourth-order valence-electron chi connectivity index (χ4n) is 3.62. The number of primary sulfonamides is 1. The summed E-state index contributed by atoms with van der Waals surface area (Å²) >= 11 is 0. The lowest BCUT2D eigenvalue weighted by molar-refractivity contribution is 0.102. The molecule has 0 aromatic heterocycles. The highest BCUT2D eigenvalue weighted by Gasteiger charge is 2.16. The number of ether oxygens (including phenoxy) is 2. The molecule has 0 fully saturated rings. The summed E-state index contributed by atoms with van der Waals surface area (Å²) in [5.74, 6) is 0.772. The minimum atomic E-state index is -3.91. The van der Waals surface area contributed by atoms with E-state index >= 15 is 0 Å². The highest BCUT2D eigenvalue weighted by atomic mass is 32.2. The number of amides is 1. The molecule has 4 aromatic rings. The number of methoxy groups -OCH3 is 1. The zero-order chi connectivity index (χ0) is 29.3. The zero-order valence-electron chi connectivity index (χ0n) is 22.5. The molecule has 4 aromatic carbocycles. The Kier molecular flexibility index (Phi) is 10.0. The molecule has 0 radical (unpaired) electrons. The Balaban J connectivity index is 0.00000141. The number of nitrogen functional groups attached to an aromatic ring is 1. The number of rotatable bonds is 8. The average molecular weight is 561 g/mol. The van der Waals surface area contributed by atoms with Crippen molar-refractivity contribution in [3.63, 3.8) is 0 Å². The molecule has 9 nitrogen and oxygen atoms in total. The van der Waals surface area contributed by atoms with E-state index < -0.39 is 15.9 Å². The normalized spacial score (nSPS) is 10.6. The number of hydrogen-bond donors (Lipinski definition) is 4. The molecule has 0 saturated heterocycles. The standard InChI is InChI=1S/C27H24N4O5S.C3H8/c1-35-20-13-14-23(24(16-20)36-21-6-4-5-19(15-21)26(28)29)31-27(32)18-11-9-17(10-12-18)22-7-2-3-8-25(22)37(30,33)34;1-3-2/h2-16H,1H3,(H3,28,29)(H,31,32)(H2,30,33,34);3H2,1-2H3. The molecule has 4 rings (SSSR count). The number of hydrogen-bond acceptors (Lipinski definition) is 6. The largest absolute Gasteiger partial charge is 0.497 e. The Morgan fingerprint density at radius 1 is 0.875 bits per heavy atom. The van der Waals surface area contributed by atoms with Crippen molar-refractivity contribution < 1.29 is 22.7 Å². The van der Waals surface area contributed by atoms with Gasteiger partial charge >= 0.3 is 0 Å². The highest BCUT2D eigenvalue weighted by Crippen LogP contribution is 2.34. The van der Waals surface area contributed by atoms with Crippen molar-refractivity contribution in [3.05, 3.63) is 102 Å². The molecule has 0 aliphatic rings. The van der Waals surface area contributed by atoms with Crippen LogP contribution in [0.1, 0.15) is 36.2 Å². The van der Waals surface area contributed by atoms with Crippen LogP contribution in [0.15, 0.2) is 95.9 Å². The van der Waals surface area contributed by atoms with Crippen LogP contribution < -0.4 is 25.7 Å². The molecule has 1 amide bonds. The third kappa shape index (κ3) is 7.68. The average Bonchev–Trinajstić information content (AvgIpc) is 2.94. The van der Waals surface area contributed by atoms with Gasteiger partial charge in [0.2, 0.25) is 10.0 Å². The first kappa shape index (κ1) is 29.9. The summed E-state index contributed by atoms with van der Waals surface area (Å²) in [6.07, 6.45) is 1.25. The summed E-state index contributed by atoms with van der Waals surface area (Å²) in [5.41, 5.74) is 7.84. The van der Waals surface area contributed by atoms with Gasteiger partial charge in [0.1, 0.15) is 17.3 Å². The maximum absolute atomic E-state index is 13.0. The molecule has 0 aliphatic heterocycles. The van der Waals surface area contributed by atoms with Crippen LogP contribution in [-0.2, 0) is 10.0 Å². The van der Waals surface area contributed by atoms with Crippen LogP contribution >= 0.6 is 0 Å². The maximum atomic E-state index is 13.0. The van der Waals surface area contributed by atoms with Crippen LogP contribution in [0.4, 0.5) is 5.69 Å². The van der Waals surface area contributed by atoms with Crippen LogP contribution in [0.2, 0.25) is 0 Å². The predicted molar refractivity (Wildman–Crippen MR) is 158 cm³/mol. The predicted octanol–water partition coefficient (Wildman–Crippen LogP) is 5.75. The number of nitrogens with two attached hydrogens (primary N) is 2. The first-order valence-electron chi connectivity index (χ1n) is 12.4. The van der Waals surface area contributed by atoms with E-state index in [4.69, 9.17) is 25.8 Å². The van der Waals surface area contributed by atoms with E-state index in [1.165, 1.54) is 19.6 Å². The summed E-state index contributed by atoms with van der Waals surface area (Å²) in [5, 5.41) is 15.8. The molecule has 0 unspecified atom stereocenters. The van der Waals surface area contributed by atoms with Crippen molar-refractivity contribution in [1.82, 2.24) is 0 Å². The summed E-state index contributed by atoms with van der Waals surface area (Å²) in [4.78, 5) is 13.0. The zero-order valence-corrected chi connectivity index (χ0v) is 23.3. The number of sulfonamides is 1. The summed E-state index contributed by atoms with van der Waals surface area (Å²) in [7, 11) is -2.40. The van der Waals surface area contributed by atoms with Gasteiger partial charge in [-0.05, 0) is 48.0 Å². The molecule has 208 valence electrons. The Bertz CT molecular complexity index is 1600. The maximum Gasteiger partial charge on any atom is 0.255 e. The van der Waals surface area contributed by atoms with Gasteiger partial charge in [0.25, 0.3) is 5.91 Å². The molecule has 40 heavy (non-hydrogen) atoms. The summed E-state index contributed by atoms with van der Waals surface area (Å²) in [6.45, 7) is 4.25. The van der Waals surface area contributed by atoms with E-state index in [0.29, 0.717) is 45.2 Å². The van der Waals surface area contributed by atoms with E-state index in [1.807, 2.05) is 0 Å². The fraction of sp³-hybridized carbons (Fsp3) is 0.133. The first-order chi connectivity index (χ1) is 19.1. The number of carbonyl (C=O) groups is 1. The van der Waals surface area contributed by atoms with Gasteiger partial charge in [-0.2, -0.15) is 0 Å². The van der Waals surface area contributed by atoms with E-state index in [9.17, 15) is 13.2 Å². The van der Waals surface area contributed by atoms with Gasteiger partial charge in [0.15, 0.2) is 5.75 Å².